The molecule has 15 heteroatoms. The number of hydrogen-bond acceptors (Lipinski definition) is 14. The van der Waals surface area contributed by atoms with Gasteiger partial charge in [0.25, 0.3) is 5.91 Å². The molecule has 1 unspecified atom stereocenters. The SMILES string of the molecule is CC(=O)O[C@H]1C(=O)[C@@]2(C)C([C@H](OC(=O)c3ccccc3)[C@@]3(O)CC1=C(C)[C@@H](OC(=O)[C@H](O)[C@@H](NC(=O)c1ccccc1)c1ccccc1)C3)[C@]1(OC(C)=O)CO[C@@H]1C[C@@H]2O. The fourth-order valence-electron chi connectivity index (χ4n) is 9.41. The Morgan fingerprint density at radius 2 is 1.45 bits per heavy atom. The molecule has 1 saturated heterocycles. The number of benzene rings is 3. The number of aliphatic hydroxyl groups is 3. The number of esters is 4. The number of ether oxygens (including phenoxy) is 5. The van der Waals surface area contributed by atoms with Gasteiger partial charge < -0.3 is 44.3 Å². The highest BCUT2D eigenvalue weighted by Crippen LogP contribution is 2.61. The summed E-state index contributed by atoms with van der Waals surface area (Å²) in [5.41, 5.74) is -5.14. The van der Waals surface area contributed by atoms with Gasteiger partial charge in [0.2, 0.25) is 0 Å². The molecule has 4 N–H and O–H groups in total. The van der Waals surface area contributed by atoms with Gasteiger partial charge in [0.1, 0.15) is 23.9 Å². The maximum atomic E-state index is 15.2. The molecule has 7 rings (SSSR count). The van der Waals surface area contributed by atoms with E-state index in [0.29, 0.717) is 5.56 Å². The zero-order valence-corrected chi connectivity index (χ0v) is 33.4. The van der Waals surface area contributed by atoms with E-state index in [1.165, 1.54) is 26.0 Å². The highest BCUT2D eigenvalue weighted by molar-refractivity contribution is 5.96. The predicted octanol–water partition coefficient (Wildman–Crippen LogP) is 3.10. The summed E-state index contributed by atoms with van der Waals surface area (Å²) in [5, 5.41) is 39.5. The third kappa shape index (κ3) is 7.51. The van der Waals surface area contributed by atoms with Gasteiger partial charge in [-0.1, -0.05) is 66.7 Å². The van der Waals surface area contributed by atoms with Crippen LogP contribution < -0.4 is 5.32 Å². The molecule has 2 bridgehead atoms. The van der Waals surface area contributed by atoms with Crippen molar-refractivity contribution in [1.82, 2.24) is 5.32 Å². The first kappa shape index (κ1) is 42.4. The predicted molar refractivity (Wildman–Crippen MR) is 209 cm³/mol. The summed E-state index contributed by atoms with van der Waals surface area (Å²) in [6, 6.07) is 22.9. The summed E-state index contributed by atoms with van der Waals surface area (Å²) in [7, 11) is 0. The molecule has 0 radical (unpaired) electrons. The fourth-order valence-corrected chi connectivity index (χ4v) is 9.41. The topological polar surface area (TPSA) is 221 Å². The number of carbonyl (C=O) groups excluding carboxylic acids is 6. The van der Waals surface area contributed by atoms with E-state index in [4.69, 9.17) is 23.7 Å². The van der Waals surface area contributed by atoms with Gasteiger partial charge in [-0.2, -0.15) is 0 Å². The summed E-state index contributed by atoms with van der Waals surface area (Å²) < 4.78 is 29.8. The molecule has 2 saturated carbocycles. The van der Waals surface area contributed by atoms with Crippen LogP contribution in [0.3, 0.4) is 0 Å². The molecular formula is C45H47NO14. The number of amides is 1. The van der Waals surface area contributed by atoms with Crippen LogP contribution in [0, 0.1) is 11.3 Å². The minimum absolute atomic E-state index is 0.00869. The Morgan fingerprint density at radius 3 is 2.02 bits per heavy atom. The maximum Gasteiger partial charge on any atom is 0.338 e. The van der Waals surface area contributed by atoms with Crippen LogP contribution in [0.15, 0.2) is 102 Å². The molecule has 3 aromatic carbocycles. The molecule has 0 aromatic heterocycles. The number of nitrogens with one attached hydrogen (secondary N) is 1. The molecule has 1 amide bonds. The molecule has 1 aliphatic heterocycles. The van der Waals surface area contributed by atoms with Gasteiger partial charge >= 0.3 is 23.9 Å². The van der Waals surface area contributed by atoms with E-state index < -0.39 is 114 Å². The van der Waals surface area contributed by atoms with Crippen LogP contribution in [-0.2, 0) is 42.9 Å². The monoisotopic (exact) mass is 825 g/mol. The lowest BCUT2D eigenvalue weighted by atomic mass is 9.48. The van der Waals surface area contributed by atoms with Gasteiger partial charge in [-0.3, -0.25) is 19.2 Å². The van der Waals surface area contributed by atoms with Crippen molar-refractivity contribution in [1.29, 1.82) is 0 Å². The van der Waals surface area contributed by atoms with Gasteiger partial charge in [0.15, 0.2) is 23.6 Å². The minimum Gasteiger partial charge on any atom is -0.456 e. The van der Waals surface area contributed by atoms with E-state index in [9.17, 15) is 39.3 Å². The Kier molecular flexibility index (Phi) is 11.6. The van der Waals surface area contributed by atoms with Crippen molar-refractivity contribution in [2.75, 3.05) is 6.61 Å². The molecule has 1 heterocycles. The van der Waals surface area contributed by atoms with Crippen LogP contribution in [0.25, 0.3) is 0 Å². The maximum absolute atomic E-state index is 15.2. The lowest BCUT2D eigenvalue weighted by molar-refractivity contribution is -0.340. The standard InChI is InChI=1S/C45H47NO14/c1-24-30-21-44(55,22-31(24)58-42(54)35(50)34(27-14-8-5-9-15-27)46-40(52)28-16-10-6-11-17-28)39(59-41(53)29-18-12-7-13-19-29)37-43(4,38(51)36(30)57-25(2)47)32(49)20-33-45(37,23-56-33)60-26(3)48/h5-19,31-37,39,49-50,55H,20-23H2,1-4H3,(H,46,52)/t31-,32-,33+,34-,35+,36+,37?,39-,43+,44+,45-/m0/s1. The van der Waals surface area contributed by atoms with Crippen LogP contribution in [-0.4, -0.2) is 105 Å². The van der Waals surface area contributed by atoms with Crippen molar-refractivity contribution in [3.05, 3.63) is 119 Å². The van der Waals surface area contributed by atoms with Gasteiger partial charge in [-0.05, 0) is 54.8 Å². The molecule has 15 nitrogen and oxygen atoms in total. The Labute approximate surface area is 345 Å². The lowest BCUT2D eigenvalue weighted by Gasteiger charge is -2.65. The first-order chi connectivity index (χ1) is 28.5. The second-order valence-electron chi connectivity index (χ2n) is 16.2. The first-order valence-electron chi connectivity index (χ1n) is 19.7. The average Bonchev–Trinajstić information content (AvgIpc) is 3.23. The number of hydrogen-bond donors (Lipinski definition) is 4. The molecule has 316 valence electrons. The molecule has 60 heavy (non-hydrogen) atoms. The number of Topliss-reactive ketones (excluding diaryl/α,β-unsaturated/α-hetero) is 1. The number of rotatable bonds is 10. The van der Waals surface area contributed by atoms with Gasteiger partial charge in [0.05, 0.1) is 35.6 Å². The second-order valence-corrected chi connectivity index (χ2v) is 16.2. The summed E-state index contributed by atoms with van der Waals surface area (Å²) >= 11 is 0. The van der Waals surface area contributed by atoms with Crippen LogP contribution >= 0.6 is 0 Å². The van der Waals surface area contributed by atoms with Crippen molar-refractivity contribution in [2.45, 2.75) is 101 Å². The number of carbonyl (C=O) groups is 6. The number of fused-ring (bicyclic) bond motifs is 5. The van der Waals surface area contributed by atoms with Crippen molar-refractivity contribution in [2.24, 2.45) is 11.3 Å². The van der Waals surface area contributed by atoms with Crippen LogP contribution in [0.5, 0.6) is 0 Å². The second kappa shape index (κ2) is 16.4. The van der Waals surface area contributed by atoms with Crippen molar-refractivity contribution >= 4 is 35.6 Å². The molecule has 3 aliphatic carbocycles. The van der Waals surface area contributed by atoms with E-state index in [1.807, 2.05) is 0 Å². The summed E-state index contributed by atoms with van der Waals surface area (Å²) in [6.07, 6.45) is -10.7. The van der Waals surface area contributed by atoms with Crippen molar-refractivity contribution < 1.29 is 67.8 Å². The van der Waals surface area contributed by atoms with Crippen molar-refractivity contribution in [3.8, 4) is 0 Å². The minimum atomic E-state index is -2.29. The van der Waals surface area contributed by atoms with Gasteiger partial charge in [-0.15, -0.1) is 0 Å². The Hall–Kier alpha value is -5.74. The third-order valence-corrected chi connectivity index (χ3v) is 12.5. The van der Waals surface area contributed by atoms with E-state index >= 15 is 4.79 Å². The van der Waals surface area contributed by atoms with E-state index in [-0.39, 0.29) is 35.3 Å². The third-order valence-electron chi connectivity index (χ3n) is 12.5. The quantitative estimate of drug-likeness (QED) is 0.131. The van der Waals surface area contributed by atoms with Gasteiger partial charge in [-0.25, -0.2) is 9.59 Å². The van der Waals surface area contributed by atoms with Crippen LogP contribution in [0.1, 0.15) is 79.3 Å². The molecule has 0 spiro atoms. The van der Waals surface area contributed by atoms with E-state index in [0.717, 1.165) is 13.8 Å². The Morgan fingerprint density at radius 1 is 0.850 bits per heavy atom. The fraction of sp³-hybridized carbons (Fsp3) is 0.422. The molecule has 11 atom stereocenters. The lowest BCUT2D eigenvalue weighted by Crippen LogP contribution is -2.80. The summed E-state index contributed by atoms with van der Waals surface area (Å²) in [4.78, 5) is 82.4. The van der Waals surface area contributed by atoms with Crippen molar-refractivity contribution in [3.63, 3.8) is 0 Å². The molecule has 3 fully saturated rings. The zero-order valence-electron chi connectivity index (χ0n) is 33.4. The van der Waals surface area contributed by atoms with E-state index in [2.05, 4.69) is 5.32 Å². The molecular weight excluding hydrogens is 778 g/mol. The largest absolute Gasteiger partial charge is 0.456 e. The highest BCUT2D eigenvalue weighted by atomic mass is 16.6. The normalized spacial score (nSPS) is 31.6. The van der Waals surface area contributed by atoms with Gasteiger partial charge in [0, 0.05) is 38.7 Å². The van der Waals surface area contributed by atoms with Crippen LogP contribution in [0.4, 0.5) is 0 Å². The summed E-state index contributed by atoms with van der Waals surface area (Å²) in [6.45, 7) is 4.83. The number of ketones is 1. The Bertz CT molecular complexity index is 2200. The zero-order chi connectivity index (χ0) is 43.1. The Balaban J connectivity index is 1.34. The smallest absolute Gasteiger partial charge is 0.338 e. The molecule has 3 aromatic rings. The average molecular weight is 826 g/mol. The first-order valence-corrected chi connectivity index (χ1v) is 19.7. The molecule has 4 aliphatic rings. The number of aliphatic hydroxyl groups excluding tert-OH is 2. The van der Waals surface area contributed by atoms with E-state index in [1.54, 1.807) is 78.9 Å². The van der Waals surface area contributed by atoms with Crippen LogP contribution in [0.2, 0.25) is 0 Å². The highest BCUT2D eigenvalue weighted by Gasteiger charge is 2.76. The summed E-state index contributed by atoms with van der Waals surface area (Å²) in [5.74, 6) is -6.76.